The highest BCUT2D eigenvalue weighted by molar-refractivity contribution is 6.04. The number of aryl methyl sites for hydroxylation is 1. The molecule has 0 unspecified atom stereocenters. The Labute approximate surface area is 228 Å². The van der Waals surface area contributed by atoms with Gasteiger partial charge < -0.3 is 24.4 Å². The smallest absolute Gasteiger partial charge is 0.272 e. The van der Waals surface area contributed by atoms with E-state index in [0.717, 1.165) is 59.3 Å². The maximum Gasteiger partial charge on any atom is 0.272 e. The van der Waals surface area contributed by atoms with E-state index in [1.165, 1.54) is 6.33 Å². The van der Waals surface area contributed by atoms with Gasteiger partial charge in [-0.2, -0.15) is 0 Å². The Morgan fingerprint density at radius 3 is 2.44 bits per heavy atom. The molecule has 1 N–H and O–H groups in total. The largest absolute Gasteiger partial charge is 0.497 e. The maximum atomic E-state index is 13.6. The van der Waals surface area contributed by atoms with Crippen molar-refractivity contribution in [2.75, 3.05) is 39.7 Å². The van der Waals surface area contributed by atoms with Crippen LogP contribution in [0, 0.1) is 13.8 Å². The van der Waals surface area contributed by atoms with Gasteiger partial charge in [0.05, 0.1) is 27.0 Å². The predicted molar refractivity (Wildman–Crippen MR) is 151 cm³/mol. The third-order valence-corrected chi connectivity index (χ3v) is 7.25. The van der Waals surface area contributed by atoms with Gasteiger partial charge in [0.25, 0.3) is 5.91 Å². The molecule has 0 aliphatic carbocycles. The molecule has 0 bridgehead atoms. The molecule has 1 fully saturated rings. The Morgan fingerprint density at radius 2 is 1.72 bits per heavy atom. The third-order valence-electron chi connectivity index (χ3n) is 7.25. The molecule has 4 aromatic rings. The Balaban J connectivity index is 1.65. The molecule has 9 heteroatoms. The molecule has 9 nitrogen and oxygen atoms in total. The van der Waals surface area contributed by atoms with Crippen molar-refractivity contribution in [1.82, 2.24) is 19.9 Å². The highest BCUT2D eigenvalue weighted by Gasteiger charge is 2.25. The summed E-state index contributed by atoms with van der Waals surface area (Å²) in [5, 5.41) is 4.15. The van der Waals surface area contributed by atoms with E-state index in [0.29, 0.717) is 40.8 Å². The zero-order valence-electron chi connectivity index (χ0n) is 23.0. The summed E-state index contributed by atoms with van der Waals surface area (Å²) in [5.74, 6) is 2.69. The van der Waals surface area contributed by atoms with Gasteiger partial charge in [0.2, 0.25) is 0 Å². The van der Waals surface area contributed by atoms with Crippen LogP contribution in [0.5, 0.6) is 17.2 Å². The van der Waals surface area contributed by atoms with Crippen LogP contribution in [0.1, 0.15) is 40.0 Å². The minimum atomic E-state index is -0.0829. The quantitative estimate of drug-likeness (QED) is 0.335. The molecule has 1 aliphatic rings. The van der Waals surface area contributed by atoms with Crippen molar-refractivity contribution in [2.24, 2.45) is 0 Å². The number of amides is 1. The van der Waals surface area contributed by atoms with Crippen LogP contribution >= 0.6 is 0 Å². The van der Waals surface area contributed by atoms with Crippen LogP contribution in [0.4, 0.5) is 5.82 Å². The molecule has 0 atom stereocenters. The number of aromatic nitrogens is 3. The zero-order valence-corrected chi connectivity index (χ0v) is 23.0. The van der Waals surface area contributed by atoms with Crippen molar-refractivity contribution in [1.29, 1.82) is 0 Å². The number of carbonyl (C=O) groups excluding carboxylic acids is 1. The number of pyridine rings is 1. The predicted octanol–water partition coefficient (Wildman–Crippen LogP) is 5.18. The molecular formula is C30H33N5O4. The molecule has 0 radical (unpaired) electrons. The summed E-state index contributed by atoms with van der Waals surface area (Å²) < 4.78 is 16.5. The first-order valence-corrected chi connectivity index (χ1v) is 13.0. The zero-order chi connectivity index (χ0) is 27.5. The summed E-state index contributed by atoms with van der Waals surface area (Å²) in [6.45, 7) is 5.95. The number of nitrogens with one attached hydrogen (secondary N) is 1. The lowest BCUT2D eigenvalue weighted by Crippen LogP contribution is -2.28. The summed E-state index contributed by atoms with van der Waals surface area (Å²) in [7, 11) is 4.90. The summed E-state index contributed by atoms with van der Waals surface area (Å²) in [6.07, 6.45) is 3.52. The molecular weight excluding hydrogens is 494 g/mol. The molecule has 202 valence electrons. The molecule has 0 spiro atoms. The lowest BCUT2D eigenvalue weighted by molar-refractivity contribution is 0.0787. The molecule has 1 saturated heterocycles. The number of fused-ring (bicyclic) bond motifs is 1. The molecule has 3 heterocycles. The molecule has 39 heavy (non-hydrogen) atoms. The summed E-state index contributed by atoms with van der Waals surface area (Å²) in [4.78, 5) is 29.5. The molecule has 5 rings (SSSR count). The fourth-order valence-corrected chi connectivity index (χ4v) is 5.16. The SMILES string of the molecule is COc1ccc(CNc2ncnc3c(-c4c(C)ccc(OC)c4C)nc(C(=O)N4CCCC4)cc23)c(OC)c1. The van der Waals surface area contributed by atoms with Crippen molar-refractivity contribution in [3.63, 3.8) is 0 Å². The summed E-state index contributed by atoms with van der Waals surface area (Å²) >= 11 is 0. The van der Waals surface area contributed by atoms with Crippen LogP contribution in [0.2, 0.25) is 0 Å². The first-order chi connectivity index (χ1) is 18.9. The van der Waals surface area contributed by atoms with Crippen molar-refractivity contribution in [2.45, 2.75) is 33.2 Å². The number of benzene rings is 2. The van der Waals surface area contributed by atoms with Crippen molar-refractivity contribution in [3.8, 4) is 28.5 Å². The molecule has 0 saturated carbocycles. The van der Waals surface area contributed by atoms with Crippen molar-refractivity contribution in [3.05, 3.63) is 65.1 Å². The van der Waals surface area contributed by atoms with Gasteiger partial charge >= 0.3 is 0 Å². The molecule has 2 aromatic heterocycles. The number of hydrogen-bond acceptors (Lipinski definition) is 8. The second kappa shape index (κ2) is 11.1. The van der Waals surface area contributed by atoms with Gasteiger partial charge in [-0.25, -0.2) is 15.0 Å². The number of hydrogen-bond donors (Lipinski definition) is 1. The first-order valence-electron chi connectivity index (χ1n) is 13.0. The summed E-state index contributed by atoms with van der Waals surface area (Å²) in [6, 6.07) is 11.4. The van der Waals surface area contributed by atoms with E-state index < -0.39 is 0 Å². The number of ether oxygens (including phenoxy) is 3. The minimum Gasteiger partial charge on any atom is -0.497 e. The molecule has 1 amide bonds. The van der Waals surface area contributed by atoms with E-state index >= 15 is 0 Å². The highest BCUT2D eigenvalue weighted by atomic mass is 16.5. The van der Waals surface area contributed by atoms with Crippen LogP contribution in [-0.4, -0.2) is 60.2 Å². The van der Waals surface area contributed by atoms with E-state index in [1.54, 1.807) is 27.4 Å². The Kier molecular flexibility index (Phi) is 7.49. The third kappa shape index (κ3) is 5.04. The lowest BCUT2D eigenvalue weighted by atomic mass is 9.96. The first kappa shape index (κ1) is 26.2. The lowest BCUT2D eigenvalue weighted by Gasteiger charge is -2.19. The Hall–Kier alpha value is -4.40. The summed E-state index contributed by atoms with van der Waals surface area (Å²) in [5.41, 5.74) is 5.46. The number of likely N-dealkylation sites (tertiary alicyclic amines) is 1. The monoisotopic (exact) mass is 527 g/mol. The van der Waals surface area contributed by atoms with Crippen molar-refractivity contribution < 1.29 is 19.0 Å². The van der Waals surface area contributed by atoms with Crippen LogP contribution in [-0.2, 0) is 6.54 Å². The van der Waals surface area contributed by atoms with E-state index in [2.05, 4.69) is 15.3 Å². The van der Waals surface area contributed by atoms with Gasteiger partial charge in [-0.3, -0.25) is 4.79 Å². The van der Waals surface area contributed by atoms with Gasteiger partial charge in [-0.15, -0.1) is 0 Å². The fourth-order valence-electron chi connectivity index (χ4n) is 5.16. The second-order valence-electron chi connectivity index (χ2n) is 9.59. The van der Waals surface area contributed by atoms with E-state index in [4.69, 9.17) is 19.2 Å². The normalized spacial score (nSPS) is 13.0. The Bertz CT molecular complexity index is 1530. The van der Waals surface area contributed by atoms with Crippen LogP contribution in [0.25, 0.3) is 22.2 Å². The Morgan fingerprint density at radius 1 is 0.949 bits per heavy atom. The van der Waals surface area contributed by atoms with Gasteiger partial charge in [-0.1, -0.05) is 6.07 Å². The van der Waals surface area contributed by atoms with Gasteiger partial charge in [0, 0.05) is 47.8 Å². The van der Waals surface area contributed by atoms with Crippen LogP contribution in [0.15, 0.2) is 42.7 Å². The molecule has 2 aromatic carbocycles. The van der Waals surface area contributed by atoms with Gasteiger partial charge in [0.1, 0.15) is 40.6 Å². The average molecular weight is 528 g/mol. The van der Waals surface area contributed by atoms with E-state index in [9.17, 15) is 4.79 Å². The number of carbonyl (C=O) groups is 1. The molecule has 1 aliphatic heterocycles. The van der Waals surface area contributed by atoms with Gasteiger partial charge in [-0.05, 0) is 56.5 Å². The van der Waals surface area contributed by atoms with Crippen LogP contribution < -0.4 is 19.5 Å². The minimum absolute atomic E-state index is 0.0829. The van der Waals surface area contributed by atoms with Crippen LogP contribution in [0.3, 0.4) is 0 Å². The standard InChI is InChI=1S/C30H33N5O4/c1-18-8-11-24(38-4)19(2)26(18)28-27-22(15-23(34-28)30(36)35-12-6-7-13-35)29(33-17-32-27)31-16-20-9-10-21(37-3)14-25(20)39-5/h8-11,14-15,17H,6-7,12-13,16H2,1-5H3,(H,31,32,33). The number of anilines is 1. The number of nitrogens with zero attached hydrogens (tertiary/aromatic N) is 4. The van der Waals surface area contributed by atoms with E-state index in [-0.39, 0.29) is 5.91 Å². The topological polar surface area (TPSA) is 98.7 Å². The highest BCUT2D eigenvalue weighted by Crippen LogP contribution is 2.37. The number of methoxy groups -OCH3 is 3. The van der Waals surface area contributed by atoms with Crippen molar-refractivity contribution >= 4 is 22.6 Å². The fraction of sp³-hybridized carbons (Fsp3) is 0.333. The maximum absolute atomic E-state index is 13.6. The number of rotatable bonds is 8. The average Bonchev–Trinajstić information content (AvgIpc) is 3.51. The van der Waals surface area contributed by atoms with Gasteiger partial charge in [0.15, 0.2) is 0 Å². The van der Waals surface area contributed by atoms with E-state index in [1.807, 2.05) is 49.1 Å². The second-order valence-corrected chi connectivity index (χ2v) is 9.59.